The van der Waals surface area contributed by atoms with Crippen LogP contribution in [0.3, 0.4) is 0 Å². The lowest BCUT2D eigenvalue weighted by molar-refractivity contribution is 0.0994. The average Bonchev–Trinajstić information content (AvgIpc) is 2.83. The zero-order valence-electron chi connectivity index (χ0n) is 12.2. The van der Waals surface area contributed by atoms with Crippen LogP contribution in [0.25, 0.3) is 0 Å². The summed E-state index contributed by atoms with van der Waals surface area (Å²) in [5, 5.41) is 2.40. The van der Waals surface area contributed by atoms with Gasteiger partial charge < -0.3 is 4.90 Å². The highest BCUT2D eigenvalue weighted by atomic mass is 15.6. The van der Waals surface area contributed by atoms with Gasteiger partial charge in [0.05, 0.1) is 0 Å². The van der Waals surface area contributed by atoms with Crippen LogP contribution in [0.15, 0.2) is 23.9 Å². The van der Waals surface area contributed by atoms with Crippen molar-refractivity contribution in [2.75, 3.05) is 19.6 Å². The van der Waals surface area contributed by atoms with Gasteiger partial charge in [-0.2, -0.15) is 0 Å². The zero-order valence-corrected chi connectivity index (χ0v) is 12.2. The van der Waals surface area contributed by atoms with Gasteiger partial charge in [0.25, 0.3) is 0 Å². The van der Waals surface area contributed by atoms with Crippen LogP contribution in [-0.4, -0.2) is 41.1 Å². The maximum atomic E-state index is 3.49. The molecule has 0 saturated carbocycles. The van der Waals surface area contributed by atoms with Gasteiger partial charge in [-0.15, -0.1) is 0 Å². The highest BCUT2D eigenvalue weighted by Gasteiger charge is 2.29. The maximum Gasteiger partial charge on any atom is 0.0362 e. The molecule has 2 heterocycles. The Kier molecular flexibility index (Phi) is 4.13. The first kappa shape index (κ1) is 13.6. The number of hydrazine groups is 1. The molecule has 0 bridgehead atoms. The molecular weight excluding hydrogens is 222 g/mol. The number of hydrogen-bond acceptors (Lipinski definition) is 3. The molecule has 2 rings (SSSR count). The summed E-state index contributed by atoms with van der Waals surface area (Å²) >= 11 is 0. The van der Waals surface area contributed by atoms with Crippen molar-refractivity contribution in [1.82, 2.24) is 15.3 Å². The van der Waals surface area contributed by atoms with Crippen molar-refractivity contribution >= 4 is 0 Å². The van der Waals surface area contributed by atoms with Crippen molar-refractivity contribution in [1.29, 1.82) is 0 Å². The van der Waals surface area contributed by atoms with Gasteiger partial charge in [-0.25, -0.2) is 5.01 Å². The molecule has 0 aromatic carbocycles. The molecule has 3 nitrogen and oxygen atoms in total. The number of nitrogens with one attached hydrogen (secondary N) is 1. The van der Waals surface area contributed by atoms with E-state index >= 15 is 0 Å². The van der Waals surface area contributed by atoms with Gasteiger partial charge >= 0.3 is 0 Å². The Hall–Kier alpha value is -0.800. The Labute approximate surface area is 111 Å². The molecule has 0 radical (unpaired) electrons. The van der Waals surface area contributed by atoms with Crippen molar-refractivity contribution in [3.8, 4) is 0 Å². The Bertz CT molecular complexity index is 336. The molecular formula is C15H27N3. The van der Waals surface area contributed by atoms with E-state index in [1.807, 2.05) is 0 Å². The van der Waals surface area contributed by atoms with Crippen LogP contribution in [0.1, 0.15) is 40.5 Å². The maximum absolute atomic E-state index is 3.49. The monoisotopic (exact) mass is 249 g/mol. The summed E-state index contributed by atoms with van der Waals surface area (Å²) in [6.45, 7) is 12.5. The summed E-state index contributed by atoms with van der Waals surface area (Å²) in [6, 6.07) is 0.590. The minimum atomic E-state index is 0.201. The summed E-state index contributed by atoms with van der Waals surface area (Å²) in [6.07, 6.45) is 9.27. The van der Waals surface area contributed by atoms with E-state index in [1.165, 1.54) is 18.5 Å². The standard InChI is InChI=1S/C15H27N3/c1-13(2)17-10-6-14(7-11-17)12-15(3,4)18-9-5-8-16-18/h6-7,10,13,16H,5,8-9,11-12H2,1-4H3. The molecule has 0 aromatic heterocycles. The molecule has 0 spiro atoms. The number of allylic oxidation sites excluding steroid dienone is 1. The molecule has 18 heavy (non-hydrogen) atoms. The van der Waals surface area contributed by atoms with Crippen molar-refractivity contribution < 1.29 is 0 Å². The quantitative estimate of drug-likeness (QED) is 0.826. The Morgan fingerprint density at radius 3 is 2.67 bits per heavy atom. The summed E-state index contributed by atoms with van der Waals surface area (Å²) in [7, 11) is 0. The van der Waals surface area contributed by atoms with Gasteiger partial charge in [0.15, 0.2) is 0 Å². The van der Waals surface area contributed by atoms with Gasteiger partial charge in [-0.3, -0.25) is 5.43 Å². The third kappa shape index (κ3) is 3.15. The largest absolute Gasteiger partial charge is 0.371 e. The molecule has 1 N–H and O–H groups in total. The summed E-state index contributed by atoms with van der Waals surface area (Å²) in [4.78, 5) is 2.37. The van der Waals surface area contributed by atoms with Gasteiger partial charge in [-0.1, -0.05) is 6.08 Å². The van der Waals surface area contributed by atoms with Gasteiger partial charge in [0.1, 0.15) is 0 Å². The second-order valence-corrected chi connectivity index (χ2v) is 6.29. The topological polar surface area (TPSA) is 18.5 Å². The van der Waals surface area contributed by atoms with Crippen LogP contribution in [0, 0.1) is 0 Å². The second-order valence-electron chi connectivity index (χ2n) is 6.29. The molecule has 102 valence electrons. The Balaban J connectivity index is 1.92. The highest BCUT2D eigenvalue weighted by Crippen LogP contribution is 2.26. The van der Waals surface area contributed by atoms with E-state index in [1.54, 1.807) is 0 Å². The molecule has 0 unspecified atom stereocenters. The second kappa shape index (κ2) is 5.45. The van der Waals surface area contributed by atoms with E-state index in [4.69, 9.17) is 0 Å². The van der Waals surface area contributed by atoms with E-state index < -0.39 is 0 Å². The van der Waals surface area contributed by atoms with Crippen LogP contribution in [-0.2, 0) is 0 Å². The zero-order chi connectivity index (χ0) is 13.2. The van der Waals surface area contributed by atoms with Crippen molar-refractivity contribution in [2.24, 2.45) is 0 Å². The molecule has 3 heteroatoms. The summed E-state index contributed by atoms with van der Waals surface area (Å²) in [5.41, 5.74) is 5.15. The molecule has 0 aliphatic carbocycles. The number of rotatable bonds is 4. The van der Waals surface area contributed by atoms with Crippen LogP contribution in [0.5, 0.6) is 0 Å². The van der Waals surface area contributed by atoms with E-state index in [0.717, 1.165) is 19.5 Å². The SMILES string of the molecule is CC(C)N1C=CC(CC(C)(C)N2CCCN2)=CC1. The lowest BCUT2D eigenvalue weighted by Crippen LogP contribution is -2.48. The molecule has 0 atom stereocenters. The number of nitrogens with zero attached hydrogens (tertiary/aromatic N) is 2. The first-order valence-electron chi connectivity index (χ1n) is 7.13. The van der Waals surface area contributed by atoms with Crippen molar-refractivity contribution in [2.45, 2.75) is 52.1 Å². The van der Waals surface area contributed by atoms with E-state index in [-0.39, 0.29) is 5.54 Å². The normalized spacial score (nSPS) is 21.8. The van der Waals surface area contributed by atoms with Crippen LogP contribution in [0.2, 0.25) is 0 Å². The predicted molar refractivity (Wildman–Crippen MR) is 77.1 cm³/mol. The van der Waals surface area contributed by atoms with Gasteiger partial charge in [0.2, 0.25) is 0 Å². The van der Waals surface area contributed by atoms with Crippen LogP contribution >= 0.6 is 0 Å². The van der Waals surface area contributed by atoms with Crippen molar-refractivity contribution in [3.63, 3.8) is 0 Å². The van der Waals surface area contributed by atoms with E-state index in [2.05, 4.69) is 61.4 Å². The Morgan fingerprint density at radius 2 is 2.17 bits per heavy atom. The summed E-state index contributed by atoms with van der Waals surface area (Å²) in [5.74, 6) is 0. The van der Waals surface area contributed by atoms with E-state index in [0.29, 0.717) is 6.04 Å². The molecule has 1 saturated heterocycles. The minimum Gasteiger partial charge on any atom is -0.371 e. The Morgan fingerprint density at radius 1 is 1.39 bits per heavy atom. The first-order valence-corrected chi connectivity index (χ1v) is 7.13. The fourth-order valence-electron chi connectivity index (χ4n) is 2.70. The molecule has 0 amide bonds. The lowest BCUT2D eigenvalue weighted by Gasteiger charge is -2.36. The smallest absolute Gasteiger partial charge is 0.0362 e. The molecule has 2 aliphatic rings. The number of hydrogen-bond donors (Lipinski definition) is 1. The van der Waals surface area contributed by atoms with E-state index in [9.17, 15) is 0 Å². The third-order valence-electron chi connectivity index (χ3n) is 3.94. The first-order chi connectivity index (χ1) is 8.49. The fourth-order valence-corrected chi connectivity index (χ4v) is 2.70. The minimum absolute atomic E-state index is 0.201. The third-order valence-corrected chi connectivity index (χ3v) is 3.94. The summed E-state index contributed by atoms with van der Waals surface area (Å²) < 4.78 is 0. The fraction of sp³-hybridized carbons (Fsp3) is 0.733. The van der Waals surface area contributed by atoms with Gasteiger partial charge in [-0.05, 0) is 58.4 Å². The van der Waals surface area contributed by atoms with Crippen LogP contribution in [0.4, 0.5) is 0 Å². The van der Waals surface area contributed by atoms with Crippen molar-refractivity contribution in [3.05, 3.63) is 23.9 Å². The predicted octanol–water partition coefficient (Wildman–Crippen LogP) is 2.53. The average molecular weight is 249 g/mol. The molecule has 0 aromatic rings. The molecule has 2 aliphatic heterocycles. The van der Waals surface area contributed by atoms with Crippen LogP contribution < -0.4 is 5.43 Å². The lowest BCUT2D eigenvalue weighted by atomic mass is 9.93. The molecule has 1 fully saturated rings. The van der Waals surface area contributed by atoms with Gasteiger partial charge in [0, 0.05) is 31.2 Å². The highest BCUT2D eigenvalue weighted by molar-refractivity contribution is 5.25.